The molecule has 0 saturated carbocycles. The van der Waals surface area contributed by atoms with Crippen LogP contribution in [0.25, 0.3) is 0 Å². The van der Waals surface area contributed by atoms with Crippen molar-refractivity contribution in [2.24, 2.45) is 17.6 Å². The Labute approximate surface area is 182 Å². The summed E-state index contributed by atoms with van der Waals surface area (Å²) in [6.45, 7) is 0. The molecule has 3 aliphatic rings. The maximum atomic E-state index is 14.5. The normalized spacial score (nSPS) is 29.6. The fourth-order valence-corrected chi connectivity index (χ4v) is 5.45. The number of phenolic OH excluding ortho intramolecular Hbond substituents is 1. The zero-order valence-electron chi connectivity index (χ0n) is 17.7. The molecule has 1 amide bonds. The summed E-state index contributed by atoms with van der Waals surface area (Å²) in [5, 5.41) is 32.7. The summed E-state index contributed by atoms with van der Waals surface area (Å²) in [4.78, 5) is 40.2. The van der Waals surface area contributed by atoms with E-state index in [0.29, 0.717) is 0 Å². The third kappa shape index (κ3) is 2.66. The molecule has 0 fully saturated rings. The number of nitrogens with zero attached hydrogens (tertiary/aromatic N) is 1. The molecule has 0 bridgehead atoms. The van der Waals surface area contributed by atoms with Gasteiger partial charge in [-0.15, -0.1) is 0 Å². The number of aliphatic hydroxyl groups is 2. The molecule has 0 aliphatic heterocycles. The number of aliphatic hydroxyl groups excluding tert-OH is 1. The highest BCUT2D eigenvalue weighted by Gasteiger charge is 2.63. The maximum Gasteiger partial charge on any atom is 0.255 e. The predicted molar refractivity (Wildman–Crippen MR) is 108 cm³/mol. The lowest BCUT2D eigenvalue weighted by Gasteiger charge is -2.50. The second-order valence-electron chi connectivity index (χ2n) is 8.57. The number of ether oxygens (including phenoxy) is 1. The number of aromatic hydroxyl groups is 1. The van der Waals surface area contributed by atoms with E-state index in [1.165, 1.54) is 4.90 Å². The third-order valence-electron chi connectivity index (χ3n) is 6.73. The quantitative estimate of drug-likeness (QED) is 0.486. The van der Waals surface area contributed by atoms with Gasteiger partial charge in [-0.2, -0.15) is 0 Å². The van der Waals surface area contributed by atoms with Crippen LogP contribution in [-0.4, -0.2) is 70.5 Å². The highest BCUT2D eigenvalue weighted by molar-refractivity contribution is 6.24. The fraction of sp³-hybridized carbons (Fsp3) is 0.409. The number of Topliss-reactive ketones (excluding diaryl/α,β-unsaturated/α-hetero) is 2. The molecule has 170 valence electrons. The monoisotopic (exact) mass is 446 g/mol. The Kier molecular flexibility index (Phi) is 4.90. The van der Waals surface area contributed by atoms with Crippen molar-refractivity contribution >= 4 is 17.5 Å². The molecule has 0 saturated heterocycles. The van der Waals surface area contributed by atoms with Gasteiger partial charge in [-0.1, -0.05) is 0 Å². The van der Waals surface area contributed by atoms with Crippen molar-refractivity contribution < 1.29 is 38.8 Å². The number of halogens is 1. The first-order valence-corrected chi connectivity index (χ1v) is 9.96. The van der Waals surface area contributed by atoms with Crippen molar-refractivity contribution in [2.45, 2.75) is 24.5 Å². The van der Waals surface area contributed by atoms with Gasteiger partial charge in [0.1, 0.15) is 28.7 Å². The van der Waals surface area contributed by atoms with E-state index in [-0.39, 0.29) is 35.3 Å². The number of carbonyl (C=O) groups excluding carboxylic acids is 3. The van der Waals surface area contributed by atoms with E-state index in [2.05, 4.69) is 0 Å². The number of carbonyl (C=O) groups is 3. The summed E-state index contributed by atoms with van der Waals surface area (Å²) in [6.07, 6.45) is 0.0151. The smallest absolute Gasteiger partial charge is 0.255 e. The molecule has 0 radical (unpaired) electrons. The summed E-state index contributed by atoms with van der Waals surface area (Å²) < 4.78 is 19.9. The van der Waals surface area contributed by atoms with E-state index in [1.807, 2.05) is 0 Å². The Morgan fingerprint density at radius 3 is 2.50 bits per heavy atom. The molecule has 1 aromatic rings. The minimum absolute atomic E-state index is 0.00363. The van der Waals surface area contributed by atoms with Crippen LogP contribution in [0.4, 0.5) is 4.39 Å². The molecule has 4 rings (SSSR count). The number of hydrogen-bond donors (Lipinski definition) is 4. The first-order valence-electron chi connectivity index (χ1n) is 9.96. The second-order valence-corrected chi connectivity index (χ2v) is 8.57. The van der Waals surface area contributed by atoms with Crippen LogP contribution in [0.15, 0.2) is 34.8 Å². The Morgan fingerprint density at radius 1 is 1.28 bits per heavy atom. The summed E-state index contributed by atoms with van der Waals surface area (Å²) in [5.74, 6) is -6.91. The number of rotatable bonds is 3. The van der Waals surface area contributed by atoms with E-state index >= 15 is 0 Å². The van der Waals surface area contributed by atoms with Crippen LogP contribution in [0.5, 0.6) is 5.75 Å². The molecular weight excluding hydrogens is 423 g/mol. The second kappa shape index (κ2) is 7.14. The molecule has 0 unspecified atom stereocenters. The molecule has 5 N–H and O–H groups in total. The van der Waals surface area contributed by atoms with E-state index in [0.717, 1.165) is 19.2 Å². The number of ketones is 2. The molecule has 0 heterocycles. The number of amides is 1. The topological polar surface area (TPSA) is 150 Å². The average molecular weight is 446 g/mol. The van der Waals surface area contributed by atoms with Crippen LogP contribution in [0.3, 0.4) is 0 Å². The van der Waals surface area contributed by atoms with E-state index < -0.39 is 63.9 Å². The standard InChI is InChI=1S/C22H23FN2O7/c1-25(2)16-10-7-8-6-9-11(23)4-5-12(26)14(9)17(27)13(8)20(32-3)22(10,31)19(29)15(18(16)28)21(24)30/h4-5,8,10,16,26,28,31H,6-7H2,1-3H3,(H2,24,30)/t8-,10-,16-,22+/m0/s1. The van der Waals surface area contributed by atoms with Crippen LogP contribution >= 0.6 is 0 Å². The first kappa shape index (κ1) is 22.0. The molecule has 0 aromatic heterocycles. The molecule has 9 nitrogen and oxygen atoms in total. The van der Waals surface area contributed by atoms with Gasteiger partial charge in [0.15, 0.2) is 11.4 Å². The van der Waals surface area contributed by atoms with Crippen molar-refractivity contribution in [2.75, 3.05) is 21.2 Å². The van der Waals surface area contributed by atoms with E-state index in [1.54, 1.807) is 14.1 Å². The predicted octanol–water partition coefficient (Wildman–Crippen LogP) is 0.348. The van der Waals surface area contributed by atoms with Crippen LogP contribution in [-0.2, 0) is 20.7 Å². The number of hydrogen-bond acceptors (Lipinski definition) is 8. The summed E-state index contributed by atoms with van der Waals surface area (Å²) >= 11 is 0. The minimum atomic E-state index is -2.47. The van der Waals surface area contributed by atoms with Gasteiger partial charge < -0.3 is 25.8 Å². The summed E-state index contributed by atoms with van der Waals surface area (Å²) in [7, 11) is 4.33. The van der Waals surface area contributed by atoms with Gasteiger partial charge in [0.2, 0.25) is 5.78 Å². The minimum Gasteiger partial charge on any atom is -0.510 e. The number of allylic oxidation sites excluding steroid dienone is 1. The van der Waals surface area contributed by atoms with E-state index in [9.17, 15) is 34.1 Å². The van der Waals surface area contributed by atoms with Gasteiger partial charge >= 0.3 is 0 Å². The zero-order valence-corrected chi connectivity index (χ0v) is 17.7. The lowest BCUT2D eigenvalue weighted by molar-refractivity contribution is -0.149. The Balaban J connectivity index is 2.02. The fourth-order valence-electron chi connectivity index (χ4n) is 5.45. The number of nitrogens with two attached hydrogens (primary N) is 1. The Bertz CT molecular complexity index is 1140. The van der Waals surface area contributed by atoms with Crippen LogP contribution in [0.2, 0.25) is 0 Å². The molecule has 4 atom stereocenters. The number of phenols is 1. The number of primary amides is 1. The number of methoxy groups -OCH3 is 1. The van der Waals surface area contributed by atoms with Crippen LogP contribution < -0.4 is 5.73 Å². The van der Waals surface area contributed by atoms with Gasteiger partial charge in [-0.25, -0.2) is 4.39 Å². The molecule has 0 spiro atoms. The lowest BCUT2D eigenvalue weighted by Crippen LogP contribution is -2.64. The average Bonchev–Trinajstić information content (AvgIpc) is 2.70. The molecule has 1 aromatic carbocycles. The number of fused-ring (bicyclic) bond motifs is 3. The number of benzene rings is 1. The third-order valence-corrected chi connectivity index (χ3v) is 6.73. The molecular formula is C22H23FN2O7. The highest BCUT2D eigenvalue weighted by Crippen LogP contribution is 2.53. The zero-order chi connectivity index (χ0) is 23.7. The maximum absolute atomic E-state index is 14.5. The number of likely N-dealkylation sites (N-methyl/N-ethyl adjacent to an activating group) is 1. The van der Waals surface area contributed by atoms with Crippen LogP contribution in [0, 0.1) is 17.7 Å². The molecule has 32 heavy (non-hydrogen) atoms. The van der Waals surface area contributed by atoms with Crippen molar-refractivity contribution in [3.8, 4) is 5.75 Å². The molecule has 3 aliphatic carbocycles. The molecule has 10 heteroatoms. The first-order chi connectivity index (χ1) is 15.0. The van der Waals surface area contributed by atoms with Gasteiger partial charge in [0.25, 0.3) is 5.91 Å². The lowest BCUT2D eigenvalue weighted by atomic mass is 9.58. The summed E-state index contributed by atoms with van der Waals surface area (Å²) in [5.41, 5.74) is 1.80. The van der Waals surface area contributed by atoms with Crippen molar-refractivity contribution in [3.63, 3.8) is 0 Å². The van der Waals surface area contributed by atoms with E-state index in [4.69, 9.17) is 10.5 Å². The Morgan fingerprint density at radius 2 is 1.94 bits per heavy atom. The van der Waals surface area contributed by atoms with Gasteiger partial charge in [0.05, 0.1) is 18.7 Å². The van der Waals surface area contributed by atoms with Gasteiger partial charge in [0, 0.05) is 17.1 Å². The van der Waals surface area contributed by atoms with Gasteiger partial charge in [-0.05, 0) is 45.0 Å². The van der Waals surface area contributed by atoms with Gasteiger partial charge in [-0.3, -0.25) is 19.3 Å². The SMILES string of the molecule is COC1=C2C(=O)c3c(O)ccc(F)c3C[C@H]2C[C@H]2[C@H](N(C)C)C(O)=C(C(N)=O)C(=O)[C@@]12O. The van der Waals surface area contributed by atoms with Crippen molar-refractivity contribution in [1.29, 1.82) is 0 Å². The van der Waals surface area contributed by atoms with Crippen molar-refractivity contribution in [1.82, 2.24) is 4.90 Å². The largest absolute Gasteiger partial charge is 0.510 e. The van der Waals surface area contributed by atoms with Crippen LogP contribution in [0.1, 0.15) is 22.3 Å². The van der Waals surface area contributed by atoms with Crippen molar-refractivity contribution in [3.05, 3.63) is 51.7 Å². The summed E-state index contributed by atoms with van der Waals surface area (Å²) in [6, 6.07) is 1.12. The Hall–Kier alpha value is -3.24. The highest BCUT2D eigenvalue weighted by atomic mass is 19.1.